The summed E-state index contributed by atoms with van der Waals surface area (Å²) in [5, 5.41) is 18.8. The molecule has 0 spiro atoms. The number of aromatic nitrogens is 4. The lowest BCUT2D eigenvalue weighted by atomic mass is 9.71. The topological polar surface area (TPSA) is 176 Å². The van der Waals surface area contributed by atoms with E-state index in [4.69, 9.17) is 9.47 Å². The largest absolute Gasteiger partial charge is 0.495 e. The summed E-state index contributed by atoms with van der Waals surface area (Å²) in [6.07, 6.45) is 12.7. The number of anilines is 4. The zero-order valence-electron chi connectivity index (χ0n) is 35.7. The third-order valence-electron chi connectivity index (χ3n) is 13.1. The highest BCUT2D eigenvalue weighted by atomic mass is 32.1. The summed E-state index contributed by atoms with van der Waals surface area (Å²) >= 11 is 3.27. The van der Waals surface area contributed by atoms with Crippen molar-refractivity contribution >= 4 is 90.4 Å². The Labute approximate surface area is 367 Å². The highest BCUT2D eigenvalue weighted by molar-refractivity contribution is 7.19. The Morgan fingerprint density at radius 3 is 1.63 bits per heavy atom. The number of fused-ring (bicyclic) bond motifs is 8. The van der Waals surface area contributed by atoms with E-state index in [1.807, 2.05) is 51.6 Å². The standard InChI is InChI=1S/C24H27N5O2S.C22H22N4O3S/c1-5-24(23(30)29(2)3)7-6-16-19(10-24)32-22-20(16)21(26-13-27-22)28-17-8-14-11-25-12-15(14)9-18(17)31-4;1-3-22(21(27)28)5-4-14-17(8-22)30-20-18(14)19(24-11-25-20)26-15-6-12-9-23-10-13(12)7-16(15)29-2/h8-9,11,13H,5-7,10,12H2,1-4H3,(H,26,27,28);6-7,9,11H,3-5,8,10H2,1-2H3,(H,27,28)(H,24,25,26)/t24-;22-/m11/s1. The lowest BCUT2D eigenvalue weighted by molar-refractivity contribution is -0.150. The molecule has 14 nitrogen and oxygen atoms in total. The van der Waals surface area contributed by atoms with Gasteiger partial charge in [-0.1, -0.05) is 13.8 Å². The first-order valence-corrected chi connectivity index (χ1v) is 22.5. The van der Waals surface area contributed by atoms with Crippen molar-refractivity contribution in [3.63, 3.8) is 0 Å². The van der Waals surface area contributed by atoms with Gasteiger partial charge in [-0.05, 0) is 109 Å². The van der Waals surface area contributed by atoms with Crippen LogP contribution in [0.3, 0.4) is 0 Å². The summed E-state index contributed by atoms with van der Waals surface area (Å²) in [4.78, 5) is 57.7. The van der Waals surface area contributed by atoms with Gasteiger partial charge in [-0.2, -0.15) is 0 Å². The molecule has 0 radical (unpaired) electrons. The Morgan fingerprint density at radius 1 is 0.726 bits per heavy atom. The number of aliphatic carboxylic acids is 1. The minimum atomic E-state index is -0.706. The van der Waals surface area contributed by atoms with Gasteiger partial charge in [-0.3, -0.25) is 19.6 Å². The normalized spacial score (nSPS) is 19.3. The Kier molecular flexibility index (Phi) is 10.9. The first-order chi connectivity index (χ1) is 30.0. The molecule has 0 fully saturated rings. The van der Waals surface area contributed by atoms with Crippen LogP contribution in [-0.4, -0.2) is 82.6 Å². The molecule has 3 N–H and O–H groups in total. The van der Waals surface area contributed by atoms with Gasteiger partial charge in [0.05, 0.1) is 60.3 Å². The molecule has 320 valence electrons. The molecule has 2 aromatic carbocycles. The van der Waals surface area contributed by atoms with Gasteiger partial charge in [0.1, 0.15) is 45.5 Å². The molecule has 6 aromatic rings. The van der Waals surface area contributed by atoms with E-state index in [9.17, 15) is 14.7 Å². The fourth-order valence-corrected chi connectivity index (χ4v) is 12.1. The molecular formula is C46H49N9O5S2. The monoisotopic (exact) mass is 871 g/mol. The zero-order valence-corrected chi connectivity index (χ0v) is 37.4. The maximum Gasteiger partial charge on any atom is 0.309 e. The van der Waals surface area contributed by atoms with E-state index >= 15 is 0 Å². The van der Waals surface area contributed by atoms with E-state index in [0.29, 0.717) is 38.8 Å². The van der Waals surface area contributed by atoms with Crippen LogP contribution >= 0.6 is 22.7 Å². The van der Waals surface area contributed by atoms with E-state index in [-0.39, 0.29) is 11.3 Å². The summed E-state index contributed by atoms with van der Waals surface area (Å²) in [5.74, 6) is 2.53. The van der Waals surface area contributed by atoms with Gasteiger partial charge in [-0.25, -0.2) is 19.9 Å². The van der Waals surface area contributed by atoms with Crippen molar-refractivity contribution in [3.05, 3.63) is 80.1 Å². The third kappa shape index (κ3) is 7.12. The molecule has 2 atom stereocenters. The molecular weight excluding hydrogens is 823 g/mol. The molecule has 16 heteroatoms. The second-order valence-electron chi connectivity index (χ2n) is 16.6. The molecule has 4 aliphatic rings. The van der Waals surface area contributed by atoms with Crippen LogP contribution in [0.1, 0.15) is 82.7 Å². The van der Waals surface area contributed by atoms with E-state index in [2.05, 4.69) is 53.5 Å². The maximum atomic E-state index is 13.0. The predicted octanol–water partition coefficient (Wildman–Crippen LogP) is 8.70. The number of hydrogen-bond donors (Lipinski definition) is 3. The van der Waals surface area contributed by atoms with Gasteiger partial charge < -0.3 is 30.1 Å². The molecule has 2 aliphatic heterocycles. The van der Waals surface area contributed by atoms with Gasteiger partial charge in [-0.15, -0.1) is 22.7 Å². The highest BCUT2D eigenvalue weighted by Crippen LogP contribution is 2.48. The SMILES string of the molecule is CC[C@@]1(C(=O)N(C)C)CCc2c(sc3ncnc(Nc4cc5c(cc4OC)CN=C5)c23)C1.CC[C@@]1(C(=O)O)CCc2c(sc3ncnc(Nc4cc5c(cc4OC)CN=C5)c23)C1. The number of carbonyl (C=O) groups excluding carboxylic acids is 1. The number of nitrogens with zero attached hydrogens (tertiary/aromatic N) is 7. The average molecular weight is 872 g/mol. The molecule has 0 saturated carbocycles. The summed E-state index contributed by atoms with van der Waals surface area (Å²) < 4.78 is 11.2. The van der Waals surface area contributed by atoms with Gasteiger partial charge in [0.15, 0.2) is 0 Å². The number of carbonyl (C=O) groups is 2. The van der Waals surface area contributed by atoms with E-state index < -0.39 is 11.4 Å². The van der Waals surface area contributed by atoms with Crippen molar-refractivity contribution < 1.29 is 24.2 Å². The van der Waals surface area contributed by atoms with Crippen molar-refractivity contribution in [2.45, 2.75) is 78.3 Å². The molecule has 0 saturated heterocycles. The van der Waals surface area contributed by atoms with E-state index in [1.54, 1.807) is 54.4 Å². The zero-order chi connectivity index (χ0) is 43.3. The van der Waals surface area contributed by atoms with Crippen molar-refractivity contribution in [1.29, 1.82) is 0 Å². The van der Waals surface area contributed by atoms with Crippen LogP contribution in [-0.2, 0) is 48.4 Å². The summed E-state index contributed by atoms with van der Waals surface area (Å²) in [7, 11) is 7.03. The van der Waals surface area contributed by atoms with Gasteiger partial charge in [0.2, 0.25) is 5.91 Å². The van der Waals surface area contributed by atoms with Gasteiger partial charge in [0.25, 0.3) is 0 Å². The fourth-order valence-electron chi connectivity index (χ4n) is 9.41. The quantitative estimate of drug-likeness (QED) is 0.120. The Hall–Kier alpha value is -6.00. The molecule has 1 amide bonds. The van der Waals surface area contributed by atoms with Crippen LogP contribution in [0.2, 0.25) is 0 Å². The molecule has 0 bridgehead atoms. The van der Waals surface area contributed by atoms with E-state index in [0.717, 1.165) is 108 Å². The lowest BCUT2D eigenvalue weighted by Gasteiger charge is -2.37. The predicted molar refractivity (Wildman–Crippen MR) is 246 cm³/mol. The second-order valence-corrected chi connectivity index (χ2v) is 18.8. The smallest absolute Gasteiger partial charge is 0.309 e. The summed E-state index contributed by atoms with van der Waals surface area (Å²) in [6.45, 7) is 5.44. The number of hydrogen-bond acceptors (Lipinski definition) is 14. The molecule has 62 heavy (non-hydrogen) atoms. The van der Waals surface area contributed by atoms with Crippen molar-refractivity contribution in [3.8, 4) is 11.5 Å². The molecule has 0 unspecified atom stereocenters. The molecule has 6 heterocycles. The van der Waals surface area contributed by atoms with Crippen LogP contribution in [0, 0.1) is 10.8 Å². The Balaban J connectivity index is 0.000000158. The van der Waals surface area contributed by atoms with Crippen molar-refractivity contribution in [1.82, 2.24) is 24.8 Å². The van der Waals surface area contributed by atoms with Gasteiger partial charge in [0, 0.05) is 36.3 Å². The van der Waals surface area contributed by atoms with Crippen molar-refractivity contribution in [2.24, 2.45) is 20.8 Å². The minimum absolute atomic E-state index is 0.220. The molecule has 2 aliphatic carbocycles. The number of nitrogens with one attached hydrogen (secondary N) is 2. The first-order valence-electron chi connectivity index (χ1n) is 20.9. The number of benzene rings is 2. The third-order valence-corrected chi connectivity index (χ3v) is 15.4. The number of ether oxygens (including phenoxy) is 2. The molecule has 10 rings (SSSR count). The maximum absolute atomic E-state index is 13.0. The summed E-state index contributed by atoms with van der Waals surface area (Å²) in [6, 6.07) is 8.14. The number of aryl methyl sites for hydroxylation is 2. The molecule has 4 aromatic heterocycles. The number of aliphatic imine (C=N–C) groups is 2. The van der Waals surface area contributed by atoms with E-state index in [1.165, 1.54) is 16.0 Å². The Morgan fingerprint density at radius 2 is 1.19 bits per heavy atom. The number of methoxy groups -OCH3 is 2. The average Bonchev–Trinajstić information content (AvgIpc) is 4.10. The fraction of sp³-hybridized carbons (Fsp3) is 0.391. The van der Waals surface area contributed by atoms with Crippen LogP contribution in [0.5, 0.6) is 11.5 Å². The lowest BCUT2D eigenvalue weighted by Crippen LogP contribution is -2.43. The van der Waals surface area contributed by atoms with Crippen LogP contribution in [0.15, 0.2) is 46.9 Å². The van der Waals surface area contributed by atoms with Crippen LogP contribution < -0.4 is 20.1 Å². The number of carboxylic acid groups (broad SMARTS) is 1. The minimum Gasteiger partial charge on any atom is -0.495 e. The highest BCUT2D eigenvalue weighted by Gasteiger charge is 2.43. The van der Waals surface area contributed by atoms with Crippen LogP contribution in [0.25, 0.3) is 20.4 Å². The number of thiophene rings is 2. The number of rotatable bonds is 10. The second kappa shape index (κ2) is 16.4. The van der Waals surface area contributed by atoms with Gasteiger partial charge >= 0.3 is 5.97 Å². The van der Waals surface area contributed by atoms with Crippen molar-refractivity contribution in [2.75, 3.05) is 38.9 Å². The van der Waals surface area contributed by atoms with Crippen LogP contribution in [0.4, 0.5) is 23.0 Å². The number of carboxylic acids is 1. The number of amides is 1. The first kappa shape index (κ1) is 41.4. The Bertz CT molecular complexity index is 2830. The summed E-state index contributed by atoms with van der Waals surface area (Å²) in [5.41, 5.74) is 7.59.